The van der Waals surface area contributed by atoms with E-state index in [-0.39, 0.29) is 0 Å². The first-order valence-corrected chi connectivity index (χ1v) is 6.19. The quantitative estimate of drug-likeness (QED) is 0.586. The lowest BCUT2D eigenvalue weighted by Crippen LogP contribution is -1.99. The van der Waals surface area contributed by atoms with Crippen LogP contribution in [-0.4, -0.2) is 11.6 Å². The van der Waals surface area contributed by atoms with Gasteiger partial charge in [-0.1, -0.05) is 19.4 Å². The monoisotopic (exact) mass is 229 g/mol. The van der Waals surface area contributed by atoms with Gasteiger partial charge in [-0.15, -0.1) is 6.58 Å². The van der Waals surface area contributed by atoms with Crippen molar-refractivity contribution in [3.05, 3.63) is 42.6 Å². The van der Waals surface area contributed by atoms with E-state index in [1.807, 2.05) is 18.3 Å². The zero-order valence-electron chi connectivity index (χ0n) is 10.3. The Morgan fingerprint density at radius 1 is 1.35 bits per heavy atom. The standard InChI is InChI=1S/C15H19NO/c1-3-5-11-17-15-8-7-14-12(9-10-16-14)13(15)6-4-2/h4,7-10,16H,2-3,5-6,11H2,1H3. The number of allylic oxidation sites excluding steroid dienone is 1. The molecule has 0 aliphatic heterocycles. The van der Waals surface area contributed by atoms with Crippen molar-refractivity contribution < 1.29 is 4.74 Å². The number of H-pyrrole nitrogens is 1. The summed E-state index contributed by atoms with van der Waals surface area (Å²) in [7, 11) is 0. The first-order chi connectivity index (χ1) is 8.36. The van der Waals surface area contributed by atoms with E-state index in [1.54, 1.807) is 0 Å². The lowest BCUT2D eigenvalue weighted by atomic mass is 10.1. The fraction of sp³-hybridized carbons (Fsp3) is 0.333. The zero-order chi connectivity index (χ0) is 12.1. The fourth-order valence-electron chi connectivity index (χ4n) is 1.99. The molecule has 2 rings (SSSR count). The minimum atomic E-state index is 0.788. The van der Waals surface area contributed by atoms with E-state index in [1.165, 1.54) is 10.9 Å². The van der Waals surface area contributed by atoms with Crippen molar-refractivity contribution in [1.29, 1.82) is 0 Å². The molecule has 0 atom stereocenters. The van der Waals surface area contributed by atoms with Crippen LogP contribution in [0.1, 0.15) is 25.3 Å². The number of fused-ring (bicyclic) bond motifs is 1. The summed E-state index contributed by atoms with van der Waals surface area (Å²) in [4.78, 5) is 3.22. The molecular weight excluding hydrogens is 210 g/mol. The van der Waals surface area contributed by atoms with Gasteiger partial charge in [-0.05, 0) is 31.0 Å². The number of nitrogens with one attached hydrogen (secondary N) is 1. The van der Waals surface area contributed by atoms with Gasteiger partial charge in [-0.25, -0.2) is 0 Å². The van der Waals surface area contributed by atoms with E-state index < -0.39 is 0 Å². The Labute approximate surface area is 102 Å². The van der Waals surface area contributed by atoms with Crippen LogP contribution in [0, 0.1) is 0 Å². The largest absolute Gasteiger partial charge is 0.493 e. The van der Waals surface area contributed by atoms with Gasteiger partial charge in [0.2, 0.25) is 0 Å². The van der Waals surface area contributed by atoms with Crippen LogP contribution in [0.5, 0.6) is 5.75 Å². The molecule has 0 fully saturated rings. The Kier molecular flexibility index (Phi) is 3.86. The summed E-state index contributed by atoms with van der Waals surface area (Å²) in [6.45, 7) is 6.78. The molecule has 0 aliphatic carbocycles. The molecule has 0 saturated carbocycles. The zero-order valence-corrected chi connectivity index (χ0v) is 10.3. The highest BCUT2D eigenvalue weighted by molar-refractivity contribution is 5.85. The van der Waals surface area contributed by atoms with Gasteiger partial charge < -0.3 is 9.72 Å². The smallest absolute Gasteiger partial charge is 0.123 e. The number of ether oxygens (including phenoxy) is 1. The lowest BCUT2D eigenvalue weighted by molar-refractivity contribution is 0.307. The Balaban J connectivity index is 2.32. The van der Waals surface area contributed by atoms with Crippen molar-refractivity contribution in [1.82, 2.24) is 4.98 Å². The maximum absolute atomic E-state index is 5.85. The highest BCUT2D eigenvalue weighted by Crippen LogP contribution is 2.28. The molecule has 0 bridgehead atoms. The predicted octanol–water partition coefficient (Wildman–Crippen LogP) is 4.08. The highest BCUT2D eigenvalue weighted by atomic mass is 16.5. The van der Waals surface area contributed by atoms with E-state index in [9.17, 15) is 0 Å². The second kappa shape index (κ2) is 5.58. The lowest BCUT2D eigenvalue weighted by Gasteiger charge is -2.11. The van der Waals surface area contributed by atoms with Gasteiger partial charge in [0.15, 0.2) is 0 Å². The van der Waals surface area contributed by atoms with E-state index in [0.29, 0.717) is 0 Å². The number of rotatable bonds is 6. The predicted molar refractivity (Wildman–Crippen MR) is 72.6 cm³/mol. The maximum atomic E-state index is 5.85. The minimum Gasteiger partial charge on any atom is -0.493 e. The molecule has 0 saturated heterocycles. The van der Waals surface area contributed by atoms with E-state index in [2.05, 4.69) is 30.6 Å². The van der Waals surface area contributed by atoms with Crippen molar-refractivity contribution in [2.75, 3.05) is 6.61 Å². The summed E-state index contributed by atoms with van der Waals surface area (Å²) in [6, 6.07) is 6.22. The molecule has 0 amide bonds. The SMILES string of the molecule is C=CCc1c(OCCCC)ccc2[nH]ccc12. The second-order valence-corrected chi connectivity index (χ2v) is 4.18. The Morgan fingerprint density at radius 3 is 3.00 bits per heavy atom. The third-order valence-electron chi connectivity index (χ3n) is 2.91. The van der Waals surface area contributed by atoms with Gasteiger partial charge in [-0.3, -0.25) is 0 Å². The summed E-state index contributed by atoms with van der Waals surface area (Å²) >= 11 is 0. The molecule has 0 aliphatic rings. The van der Waals surface area contributed by atoms with Gasteiger partial charge in [0.05, 0.1) is 6.61 Å². The van der Waals surface area contributed by atoms with E-state index in [0.717, 1.165) is 37.1 Å². The van der Waals surface area contributed by atoms with Crippen LogP contribution in [-0.2, 0) is 6.42 Å². The van der Waals surface area contributed by atoms with E-state index in [4.69, 9.17) is 4.74 Å². The first kappa shape index (κ1) is 11.8. The summed E-state index contributed by atoms with van der Waals surface area (Å²) in [5.74, 6) is 0.991. The first-order valence-electron chi connectivity index (χ1n) is 6.19. The molecule has 1 heterocycles. The molecule has 1 aromatic carbocycles. The van der Waals surface area contributed by atoms with Crippen LogP contribution in [0.15, 0.2) is 37.1 Å². The van der Waals surface area contributed by atoms with Gasteiger partial charge in [0.25, 0.3) is 0 Å². The fourth-order valence-corrected chi connectivity index (χ4v) is 1.99. The van der Waals surface area contributed by atoms with Crippen molar-refractivity contribution in [2.45, 2.75) is 26.2 Å². The maximum Gasteiger partial charge on any atom is 0.123 e. The number of hydrogen-bond donors (Lipinski definition) is 1. The molecular formula is C15H19NO. The Morgan fingerprint density at radius 2 is 2.24 bits per heavy atom. The summed E-state index contributed by atoms with van der Waals surface area (Å²) in [5, 5.41) is 1.24. The number of hydrogen-bond acceptors (Lipinski definition) is 1. The molecule has 0 unspecified atom stereocenters. The normalized spacial score (nSPS) is 10.6. The Hall–Kier alpha value is -1.70. The molecule has 90 valence electrons. The van der Waals surface area contributed by atoms with Crippen molar-refractivity contribution in [3.63, 3.8) is 0 Å². The third-order valence-corrected chi connectivity index (χ3v) is 2.91. The topological polar surface area (TPSA) is 25.0 Å². The average molecular weight is 229 g/mol. The third kappa shape index (κ3) is 2.52. The van der Waals surface area contributed by atoms with Crippen molar-refractivity contribution in [2.24, 2.45) is 0 Å². The van der Waals surface area contributed by atoms with Gasteiger partial charge in [0, 0.05) is 22.7 Å². The molecule has 1 aromatic heterocycles. The molecule has 2 aromatic rings. The van der Waals surface area contributed by atoms with Crippen LogP contribution >= 0.6 is 0 Å². The van der Waals surface area contributed by atoms with Gasteiger partial charge >= 0.3 is 0 Å². The van der Waals surface area contributed by atoms with Crippen molar-refractivity contribution >= 4 is 10.9 Å². The molecule has 0 spiro atoms. The van der Waals surface area contributed by atoms with Crippen LogP contribution in [0.25, 0.3) is 10.9 Å². The van der Waals surface area contributed by atoms with Crippen molar-refractivity contribution in [3.8, 4) is 5.75 Å². The second-order valence-electron chi connectivity index (χ2n) is 4.18. The van der Waals surface area contributed by atoms with Gasteiger partial charge in [0.1, 0.15) is 5.75 Å². The summed E-state index contributed by atoms with van der Waals surface area (Å²) in [5.41, 5.74) is 2.39. The van der Waals surface area contributed by atoms with Crippen LogP contribution in [0.4, 0.5) is 0 Å². The molecule has 0 radical (unpaired) electrons. The number of aromatic nitrogens is 1. The average Bonchev–Trinajstić information content (AvgIpc) is 2.80. The Bertz CT molecular complexity index is 499. The van der Waals surface area contributed by atoms with E-state index >= 15 is 0 Å². The highest BCUT2D eigenvalue weighted by Gasteiger charge is 2.08. The van der Waals surface area contributed by atoms with Crippen LogP contribution < -0.4 is 4.74 Å². The number of unbranched alkanes of at least 4 members (excludes halogenated alkanes) is 1. The number of aromatic amines is 1. The molecule has 2 heteroatoms. The molecule has 1 N–H and O–H groups in total. The summed E-state index contributed by atoms with van der Waals surface area (Å²) < 4.78 is 5.85. The number of benzene rings is 1. The molecule has 2 nitrogen and oxygen atoms in total. The van der Waals surface area contributed by atoms with Crippen LogP contribution in [0.2, 0.25) is 0 Å². The minimum absolute atomic E-state index is 0.788. The molecule has 17 heavy (non-hydrogen) atoms. The summed E-state index contributed by atoms with van der Waals surface area (Å²) in [6.07, 6.45) is 6.99. The van der Waals surface area contributed by atoms with Gasteiger partial charge in [-0.2, -0.15) is 0 Å². The van der Waals surface area contributed by atoms with Crippen LogP contribution in [0.3, 0.4) is 0 Å².